The summed E-state index contributed by atoms with van der Waals surface area (Å²) in [6.45, 7) is 0.838. The van der Waals surface area contributed by atoms with Crippen LogP contribution in [0.3, 0.4) is 0 Å². The number of hydrogen-bond acceptors (Lipinski definition) is 1. The molecule has 1 aliphatic rings. The zero-order valence-electron chi connectivity index (χ0n) is 4.68. The maximum atomic E-state index is 4.84. The van der Waals surface area contributed by atoms with Crippen LogP contribution in [0, 0.1) is 12.3 Å². The summed E-state index contributed by atoms with van der Waals surface area (Å²) in [5.74, 6) is 0.903. The normalized spacial score (nSPS) is 20.1. The van der Waals surface area contributed by atoms with Crippen LogP contribution in [0.2, 0.25) is 0 Å². The predicted molar refractivity (Wildman–Crippen MR) is 28.9 cm³/mol. The summed E-state index contributed by atoms with van der Waals surface area (Å²) in [6, 6.07) is 0. The summed E-state index contributed by atoms with van der Waals surface area (Å²) in [4.78, 5) is 0. The van der Waals surface area contributed by atoms with Crippen molar-refractivity contribution in [2.75, 3.05) is 13.7 Å². The Morgan fingerprint density at radius 2 is 2.43 bits per heavy atom. The topological polar surface area (TPSA) is 9.23 Å². The molecule has 0 bridgehead atoms. The first kappa shape index (κ1) is 5.10. The van der Waals surface area contributed by atoms with Crippen molar-refractivity contribution in [2.24, 2.45) is 5.92 Å². The zero-order chi connectivity index (χ0) is 5.11. The van der Waals surface area contributed by atoms with Gasteiger partial charge in [-0.25, -0.2) is 0 Å². The minimum atomic E-state index is 0.838. The van der Waals surface area contributed by atoms with Gasteiger partial charge < -0.3 is 4.74 Å². The molecule has 0 spiro atoms. The Morgan fingerprint density at radius 3 is 2.86 bits per heavy atom. The number of ether oxygens (including phenoxy) is 1. The molecule has 1 heteroatoms. The van der Waals surface area contributed by atoms with E-state index in [1.165, 1.54) is 12.8 Å². The van der Waals surface area contributed by atoms with Gasteiger partial charge in [0.25, 0.3) is 0 Å². The van der Waals surface area contributed by atoms with Crippen LogP contribution >= 0.6 is 0 Å². The van der Waals surface area contributed by atoms with Crippen LogP contribution in [0.4, 0.5) is 0 Å². The van der Waals surface area contributed by atoms with Gasteiger partial charge in [0.2, 0.25) is 0 Å². The highest BCUT2D eigenvalue weighted by Crippen LogP contribution is 2.31. The van der Waals surface area contributed by atoms with Crippen LogP contribution in [0.5, 0.6) is 0 Å². The smallest absolute Gasteiger partial charge is 0.0496 e. The summed E-state index contributed by atoms with van der Waals surface area (Å²) in [7, 11) is 1.74. The molecule has 41 valence electrons. The lowest BCUT2D eigenvalue weighted by Gasteiger charge is -1.90. The predicted octanol–water partition coefficient (Wildman–Crippen LogP) is 1.25. The van der Waals surface area contributed by atoms with Crippen molar-refractivity contribution in [3.05, 3.63) is 6.42 Å². The molecule has 1 fully saturated rings. The van der Waals surface area contributed by atoms with Crippen LogP contribution in [-0.4, -0.2) is 13.7 Å². The fourth-order valence-electron chi connectivity index (χ4n) is 0.564. The van der Waals surface area contributed by atoms with Crippen molar-refractivity contribution in [1.29, 1.82) is 0 Å². The first-order valence-electron chi connectivity index (χ1n) is 2.76. The van der Waals surface area contributed by atoms with E-state index in [2.05, 4.69) is 6.42 Å². The van der Waals surface area contributed by atoms with Crippen LogP contribution in [-0.2, 0) is 4.74 Å². The van der Waals surface area contributed by atoms with Crippen molar-refractivity contribution in [2.45, 2.75) is 12.8 Å². The van der Waals surface area contributed by atoms with Gasteiger partial charge in [-0.15, -0.1) is 0 Å². The van der Waals surface area contributed by atoms with Crippen molar-refractivity contribution < 1.29 is 4.74 Å². The molecule has 0 saturated heterocycles. The average molecular weight is 99.2 g/mol. The molecular weight excluding hydrogens is 88.1 g/mol. The molecule has 0 aromatic heterocycles. The lowest BCUT2D eigenvalue weighted by molar-refractivity contribution is 0.219. The highest BCUT2D eigenvalue weighted by Gasteiger charge is 2.20. The Bertz CT molecular complexity index is 48.1. The van der Waals surface area contributed by atoms with Crippen LogP contribution in [0.25, 0.3) is 0 Å². The first-order valence-corrected chi connectivity index (χ1v) is 2.76. The van der Waals surface area contributed by atoms with Gasteiger partial charge >= 0.3 is 0 Å². The van der Waals surface area contributed by atoms with E-state index < -0.39 is 0 Å². The third-order valence-electron chi connectivity index (χ3n) is 1.22. The van der Waals surface area contributed by atoms with Gasteiger partial charge in [-0.05, 0) is 25.2 Å². The van der Waals surface area contributed by atoms with E-state index in [1.54, 1.807) is 7.11 Å². The summed E-state index contributed by atoms with van der Waals surface area (Å²) in [5.41, 5.74) is 0. The summed E-state index contributed by atoms with van der Waals surface area (Å²) < 4.78 is 4.84. The van der Waals surface area contributed by atoms with Crippen molar-refractivity contribution in [3.8, 4) is 0 Å². The van der Waals surface area contributed by atoms with E-state index in [-0.39, 0.29) is 0 Å². The van der Waals surface area contributed by atoms with Gasteiger partial charge in [-0.3, -0.25) is 0 Å². The Morgan fingerprint density at radius 1 is 1.71 bits per heavy atom. The zero-order valence-corrected chi connectivity index (χ0v) is 4.68. The standard InChI is InChI=1S/C6H11O/c1-7-5-4-6-2-3-6/h4,6H,2-3,5H2,1H3. The largest absolute Gasteiger partial charge is 0.384 e. The molecule has 0 N–H and O–H groups in total. The second kappa shape index (κ2) is 2.31. The van der Waals surface area contributed by atoms with E-state index in [0.717, 1.165) is 12.5 Å². The maximum Gasteiger partial charge on any atom is 0.0496 e. The lowest BCUT2D eigenvalue weighted by atomic mass is 10.3. The summed E-state index contributed by atoms with van der Waals surface area (Å²) >= 11 is 0. The fourth-order valence-corrected chi connectivity index (χ4v) is 0.564. The molecule has 1 rings (SSSR count). The molecule has 0 heterocycles. The van der Waals surface area contributed by atoms with E-state index in [4.69, 9.17) is 4.74 Å². The second-order valence-electron chi connectivity index (χ2n) is 2.03. The van der Waals surface area contributed by atoms with Gasteiger partial charge in [-0.2, -0.15) is 0 Å². The molecule has 0 aromatic carbocycles. The molecule has 7 heavy (non-hydrogen) atoms. The summed E-state index contributed by atoms with van der Waals surface area (Å²) in [6.07, 6.45) is 5.02. The van der Waals surface area contributed by atoms with Crippen LogP contribution in [0.1, 0.15) is 12.8 Å². The van der Waals surface area contributed by atoms with Gasteiger partial charge in [-0.1, -0.05) is 0 Å². The number of methoxy groups -OCH3 is 1. The molecule has 0 amide bonds. The van der Waals surface area contributed by atoms with Crippen LogP contribution in [0.15, 0.2) is 0 Å². The molecule has 1 aliphatic carbocycles. The van der Waals surface area contributed by atoms with Gasteiger partial charge in [0.05, 0.1) is 0 Å². The van der Waals surface area contributed by atoms with E-state index in [1.807, 2.05) is 0 Å². The van der Waals surface area contributed by atoms with E-state index in [0.29, 0.717) is 0 Å². The third-order valence-corrected chi connectivity index (χ3v) is 1.22. The monoisotopic (exact) mass is 99.1 g/mol. The minimum absolute atomic E-state index is 0.838. The highest BCUT2D eigenvalue weighted by atomic mass is 16.5. The molecule has 0 aromatic rings. The highest BCUT2D eigenvalue weighted by molar-refractivity contribution is 4.86. The van der Waals surface area contributed by atoms with Crippen LogP contribution < -0.4 is 0 Å². The van der Waals surface area contributed by atoms with Gasteiger partial charge in [0.1, 0.15) is 0 Å². The first-order chi connectivity index (χ1) is 3.43. The van der Waals surface area contributed by atoms with E-state index >= 15 is 0 Å². The maximum absolute atomic E-state index is 4.84. The van der Waals surface area contributed by atoms with Crippen molar-refractivity contribution in [1.82, 2.24) is 0 Å². The van der Waals surface area contributed by atoms with Gasteiger partial charge in [0.15, 0.2) is 0 Å². The Hall–Kier alpha value is -0.0400. The molecule has 0 atom stereocenters. The number of rotatable bonds is 3. The van der Waals surface area contributed by atoms with Gasteiger partial charge in [0, 0.05) is 13.7 Å². The molecular formula is C6H11O. The fraction of sp³-hybridized carbons (Fsp3) is 0.833. The Kier molecular flexibility index (Phi) is 1.69. The lowest BCUT2D eigenvalue weighted by Crippen LogP contribution is -1.89. The quantitative estimate of drug-likeness (QED) is 0.517. The molecule has 1 saturated carbocycles. The van der Waals surface area contributed by atoms with Crippen molar-refractivity contribution >= 4 is 0 Å². The molecule has 0 unspecified atom stereocenters. The van der Waals surface area contributed by atoms with Crippen molar-refractivity contribution in [3.63, 3.8) is 0 Å². The minimum Gasteiger partial charge on any atom is -0.384 e. The third kappa shape index (κ3) is 1.93. The Balaban J connectivity index is 1.80. The second-order valence-corrected chi connectivity index (χ2v) is 2.03. The molecule has 1 radical (unpaired) electrons. The van der Waals surface area contributed by atoms with E-state index in [9.17, 15) is 0 Å². The number of hydrogen-bond donors (Lipinski definition) is 0. The SMILES string of the molecule is COC[CH]C1CC1. The summed E-state index contributed by atoms with van der Waals surface area (Å²) in [5, 5.41) is 0. The molecule has 1 nitrogen and oxygen atoms in total. The molecule has 0 aliphatic heterocycles. The Labute approximate surface area is 44.7 Å². The average Bonchev–Trinajstić information content (AvgIpc) is 2.42.